The minimum atomic E-state index is -0.211. The lowest BCUT2D eigenvalue weighted by Crippen LogP contribution is -2.41. The van der Waals surface area contributed by atoms with E-state index in [9.17, 15) is 4.79 Å². The van der Waals surface area contributed by atoms with E-state index in [2.05, 4.69) is 15.6 Å². The van der Waals surface area contributed by atoms with Crippen LogP contribution in [0.1, 0.15) is 40.5 Å². The van der Waals surface area contributed by atoms with Crippen LogP contribution in [0.3, 0.4) is 0 Å². The first kappa shape index (κ1) is 17.1. The topological polar surface area (TPSA) is 89.3 Å². The maximum absolute atomic E-state index is 11.7. The lowest BCUT2D eigenvalue weighted by atomic mass is 10.1. The fraction of sp³-hybridized carbons (Fsp3) is 0.600. The van der Waals surface area contributed by atoms with Gasteiger partial charge in [0.1, 0.15) is 5.82 Å². The summed E-state index contributed by atoms with van der Waals surface area (Å²) in [5.74, 6) is 1.09. The predicted octanol–water partition coefficient (Wildman–Crippen LogP) is 2.17. The maximum atomic E-state index is 11.7. The Balaban J connectivity index is 2.47. The second-order valence-electron chi connectivity index (χ2n) is 5.91. The highest BCUT2D eigenvalue weighted by Crippen LogP contribution is 2.20. The Bertz CT molecular complexity index is 469. The molecule has 1 heterocycles. The van der Waals surface area contributed by atoms with Crippen molar-refractivity contribution in [2.75, 3.05) is 24.2 Å². The number of nitrogens with one attached hydrogen (secondary N) is 2. The van der Waals surface area contributed by atoms with E-state index in [0.717, 1.165) is 6.42 Å². The fourth-order valence-electron chi connectivity index (χ4n) is 1.65. The third-order valence-electron chi connectivity index (χ3n) is 2.51. The molecule has 4 N–H and O–H groups in total. The summed E-state index contributed by atoms with van der Waals surface area (Å²) in [6.45, 7) is 8.97. The van der Waals surface area contributed by atoms with E-state index in [0.29, 0.717) is 37.0 Å². The van der Waals surface area contributed by atoms with Gasteiger partial charge in [0, 0.05) is 18.5 Å². The number of ether oxygens (including phenoxy) is 1. The molecule has 1 amide bonds. The number of hydrogen-bond acceptors (Lipinski definition) is 5. The Kier molecular flexibility index (Phi) is 6.27. The molecular formula is C15H26N4O2. The lowest BCUT2D eigenvalue weighted by Gasteiger charge is -2.20. The molecule has 1 aromatic heterocycles. The van der Waals surface area contributed by atoms with E-state index in [1.165, 1.54) is 0 Å². The molecule has 0 spiro atoms. The van der Waals surface area contributed by atoms with Gasteiger partial charge in [-0.2, -0.15) is 4.98 Å². The van der Waals surface area contributed by atoms with Crippen LogP contribution in [0.2, 0.25) is 0 Å². The molecule has 0 bridgehead atoms. The van der Waals surface area contributed by atoms with E-state index in [4.69, 9.17) is 10.5 Å². The number of nitrogens with two attached hydrogens (primary N) is 1. The van der Waals surface area contributed by atoms with E-state index < -0.39 is 0 Å². The van der Waals surface area contributed by atoms with Gasteiger partial charge in [-0.25, -0.2) is 0 Å². The largest absolute Gasteiger partial charge is 0.476 e. The van der Waals surface area contributed by atoms with Crippen LogP contribution in [0.15, 0.2) is 12.1 Å². The highest BCUT2D eigenvalue weighted by Gasteiger charge is 2.13. The van der Waals surface area contributed by atoms with Crippen molar-refractivity contribution in [2.45, 2.75) is 46.1 Å². The van der Waals surface area contributed by atoms with Crippen LogP contribution in [0.25, 0.3) is 0 Å². The molecule has 0 saturated carbocycles. The highest BCUT2D eigenvalue weighted by molar-refractivity contribution is 5.77. The van der Waals surface area contributed by atoms with Crippen molar-refractivity contribution in [3.05, 3.63) is 12.1 Å². The van der Waals surface area contributed by atoms with Gasteiger partial charge in [0.2, 0.25) is 11.8 Å². The van der Waals surface area contributed by atoms with Crippen molar-refractivity contribution < 1.29 is 9.53 Å². The normalized spacial score (nSPS) is 11.0. The van der Waals surface area contributed by atoms with Crippen molar-refractivity contribution >= 4 is 17.4 Å². The predicted molar refractivity (Wildman–Crippen MR) is 85.4 cm³/mol. The average molecular weight is 294 g/mol. The summed E-state index contributed by atoms with van der Waals surface area (Å²) >= 11 is 0. The van der Waals surface area contributed by atoms with Crippen molar-refractivity contribution in [1.29, 1.82) is 0 Å². The van der Waals surface area contributed by atoms with Crippen LogP contribution in [0.4, 0.5) is 11.5 Å². The van der Waals surface area contributed by atoms with Gasteiger partial charge in [-0.05, 0) is 39.3 Å². The number of pyridine rings is 1. The quantitative estimate of drug-likeness (QED) is 0.717. The summed E-state index contributed by atoms with van der Waals surface area (Å²) < 4.78 is 5.46. The number of carbonyl (C=O) groups excluding carboxylic acids is 1. The molecule has 0 unspecified atom stereocenters. The summed E-state index contributed by atoms with van der Waals surface area (Å²) in [5, 5.41) is 6.01. The molecular weight excluding hydrogens is 268 g/mol. The molecule has 6 heteroatoms. The fourth-order valence-corrected chi connectivity index (χ4v) is 1.65. The second kappa shape index (κ2) is 7.71. The SMILES string of the molecule is CCCOc1nc(NCCC(=O)NC(C)(C)C)ccc1N. The number of aromatic nitrogens is 1. The van der Waals surface area contributed by atoms with Crippen LogP contribution >= 0.6 is 0 Å². The molecule has 0 aliphatic heterocycles. The Labute approximate surface area is 126 Å². The minimum Gasteiger partial charge on any atom is -0.476 e. The molecule has 1 rings (SSSR count). The van der Waals surface area contributed by atoms with Gasteiger partial charge >= 0.3 is 0 Å². The van der Waals surface area contributed by atoms with Gasteiger partial charge in [0.25, 0.3) is 0 Å². The Hall–Kier alpha value is -1.98. The van der Waals surface area contributed by atoms with Crippen LogP contribution < -0.4 is 21.1 Å². The van der Waals surface area contributed by atoms with E-state index >= 15 is 0 Å². The summed E-state index contributed by atoms with van der Waals surface area (Å²) in [6.07, 6.45) is 1.28. The molecule has 0 atom stereocenters. The van der Waals surface area contributed by atoms with E-state index in [1.807, 2.05) is 27.7 Å². The van der Waals surface area contributed by atoms with Gasteiger partial charge in [-0.15, -0.1) is 0 Å². The second-order valence-corrected chi connectivity index (χ2v) is 5.91. The Morgan fingerprint density at radius 2 is 2.10 bits per heavy atom. The van der Waals surface area contributed by atoms with Crippen molar-refractivity contribution in [3.63, 3.8) is 0 Å². The molecule has 1 aromatic rings. The van der Waals surface area contributed by atoms with Gasteiger partial charge in [0.15, 0.2) is 0 Å². The molecule has 0 aliphatic rings. The smallest absolute Gasteiger partial charge is 0.239 e. The van der Waals surface area contributed by atoms with E-state index in [1.54, 1.807) is 12.1 Å². The molecule has 0 aliphatic carbocycles. The number of nitrogens with zero attached hydrogens (tertiary/aromatic N) is 1. The average Bonchev–Trinajstić information content (AvgIpc) is 2.37. The Morgan fingerprint density at radius 1 is 1.38 bits per heavy atom. The number of amides is 1. The number of anilines is 2. The number of hydrogen-bond donors (Lipinski definition) is 3. The number of nitrogen functional groups attached to an aromatic ring is 1. The molecule has 6 nitrogen and oxygen atoms in total. The third kappa shape index (κ3) is 6.83. The van der Waals surface area contributed by atoms with Gasteiger partial charge in [-0.3, -0.25) is 4.79 Å². The zero-order chi connectivity index (χ0) is 15.9. The molecule has 0 radical (unpaired) electrons. The minimum absolute atomic E-state index is 0.00732. The molecule has 0 fully saturated rings. The molecule has 118 valence electrons. The van der Waals surface area contributed by atoms with Crippen molar-refractivity contribution in [2.24, 2.45) is 0 Å². The first-order valence-electron chi connectivity index (χ1n) is 7.26. The van der Waals surface area contributed by atoms with Crippen molar-refractivity contribution in [3.8, 4) is 5.88 Å². The van der Waals surface area contributed by atoms with Gasteiger partial charge in [-0.1, -0.05) is 6.92 Å². The lowest BCUT2D eigenvalue weighted by molar-refractivity contribution is -0.122. The van der Waals surface area contributed by atoms with Crippen LogP contribution in [0, 0.1) is 0 Å². The molecule has 0 saturated heterocycles. The number of carbonyl (C=O) groups is 1. The summed E-state index contributed by atoms with van der Waals surface area (Å²) in [7, 11) is 0. The summed E-state index contributed by atoms with van der Waals surface area (Å²) in [6, 6.07) is 3.52. The monoisotopic (exact) mass is 294 g/mol. The molecule has 21 heavy (non-hydrogen) atoms. The first-order chi connectivity index (χ1) is 9.81. The Morgan fingerprint density at radius 3 is 2.71 bits per heavy atom. The standard InChI is InChI=1S/C15H26N4O2/c1-5-10-21-14-11(16)6-7-12(18-14)17-9-8-13(20)19-15(2,3)4/h6-7H,5,8-10,16H2,1-4H3,(H,17,18)(H,19,20). The van der Waals surface area contributed by atoms with Crippen molar-refractivity contribution in [1.82, 2.24) is 10.3 Å². The van der Waals surface area contributed by atoms with Crippen LogP contribution in [0.5, 0.6) is 5.88 Å². The third-order valence-corrected chi connectivity index (χ3v) is 2.51. The van der Waals surface area contributed by atoms with Gasteiger partial charge in [0.05, 0.1) is 12.3 Å². The molecule has 0 aromatic carbocycles. The summed E-state index contributed by atoms with van der Waals surface area (Å²) in [4.78, 5) is 16.0. The number of rotatable bonds is 7. The maximum Gasteiger partial charge on any atom is 0.239 e. The van der Waals surface area contributed by atoms with Crippen LogP contribution in [-0.2, 0) is 4.79 Å². The van der Waals surface area contributed by atoms with Crippen LogP contribution in [-0.4, -0.2) is 29.6 Å². The first-order valence-corrected chi connectivity index (χ1v) is 7.26. The zero-order valence-electron chi connectivity index (χ0n) is 13.3. The summed E-state index contributed by atoms with van der Waals surface area (Å²) in [5.41, 5.74) is 6.10. The zero-order valence-corrected chi connectivity index (χ0v) is 13.3. The van der Waals surface area contributed by atoms with Gasteiger partial charge < -0.3 is 21.1 Å². The highest BCUT2D eigenvalue weighted by atomic mass is 16.5. The van der Waals surface area contributed by atoms with E-state index in [-0.39, 0.29) is 11.4 Å².